The van der Waals surface area contributed by atoms with Crippen molar-refractivity contribution in [3.05, 3.63) is 59.4 Å². The molecule has 4 heteroatoms. The van der Waals surface area contributed by atoms with Gasteiger partial charge in [-0.15, -0.1) is 0 Å². The maximum absolute atomic E-state index is 12.8. The molecule has 1 aliphatic heterocycles. The normalized spacial score (nSPS) is 13.0. The van der Waals surface area contributed by atoms with Gasteiger partial charge in [0.2, 0.25) is 5.78 Å². The summed E-state index contributed by atoms with van der Waals surface area (Å²) in [6.45, 7) is 0.344. The molecular formula is C15H11FO3. The number of benzene rings is 2. The number of fused-ring (bicyclic) bond motifs is 1. The van der Waals surface area contributed by atoms with E-state index in [1.54, 1.807) is 30.3 Å². The monoisotopic (exact) mass is 258 g/mol. The van der Waals surface area contributed by atoms with Crippen LogP contribution in [0.3, 0.4) is 0 Å². The van der Waals surface area contributed by atoms with Crippen molar-refractivity contribution in [3.63, 3.8) is 0 Å². The number of hydrogen-bond acceptors (Lipinski definition) is 3. The Labute approximate surface area is 109 Å². The fourth-order valence-electron chi connectivity index (χ4n) is 1.98. The molecule has 0 radical (unpaired) electrons. The molecule has 1 aliphatic rings. The summed E-state index contributed by atoms with van der Waals surface area (Å²) in [5.41, 5.74) is 1.33. The Morgan fingerprint density at radius 3 is 2.74 bits per heavy atom. The molecule has 0 amide bonds. The van der Waals surface area contributed by atoms with Gasteiger partial charge in [-0.25, -0.2) is 4.39 Å². The van der Waals surface area contributed by atoms with Crippen molar-refractivity contribution in [2.45, 2.75) is 6.61 Å². The van der Waals surface area contributed by atoms with Crippen LogP contribution in [0.25, 0.3) is 0 Å². The maximum Gasteiger partial charge on any atom is 0.207 e. The average molecular weight is 258 g/mol. The molecule has 0 N–H and O–H groups in total. The summed E-state index contributed by atoms with van der Waals surface area (Å²) in [5.74, 6) is 0.698. The Morgan fingerprint density at radius 1 is 1.16 bits per heavy atom. The second kappa shape index (κ2) is 4.72. The van der Waals surface area contributed by atoms with Gasteiger partial charge >= 0.3 is 0 Å². The molecule has 1 heterocycles. The zero-order valence-electron chi connectivity index (χ0n) is 10.1. The lowest BCUT2D eigenvalue weighted by Gasteiger charge is -2.09. The van der Waals surface area contributed by atoms with Gasteiger partial charge in [-0.05, 0) is 29.8 Å². The zero-order valence-corrected chi connectivity index (χ0v) is 10.1. The van der Waals surface area contributed by atoms with Crippen LogP contribution in [0.4, 0.5) is 4.39 Å². The van der Waals surface area contributed by atoms with E-state index in [4.69, 9.17) is 9.47 Å². The first-order valence-corrected chi connectivity index (χ1v) is 5.90. The van der Waals surface area contributed by atoms with E-state index in [9.17, 15) is 9.18 Å². The Balaban J connectivity index is 1.79. The Hall–Kier alpha value is -2.36. The van der Waals surface area contributed by atoms with Crippen LogP contribution < -0.4 is 9.47 Å². The molecule has 2 aromatic carbocycles. The summed E-state index contributed by atoms with van der Waals surface area (Å²) in [6.07, 6.45) is 0. The average Bonchev–Trinajstić information content (AvgIpc) is 2.81. The van der Waals surface area contributed by atoms with E-state index in [2.05, 4.69) is 0 Å². The van der Waals surface area contributed by atoms with E-state index in [1.807, 2.05) is 0 Å². The van der Waals surface area contributed by atoms with Crippen molar-refractivity contribution in [2.24, 2.45) is 0 Å². The molecule has 3 nitrogen and oxygen atoms in total. The molecule has 0 bridgehead atoms. The van der Waals surface area contributed by atoms with Crippen molar-refractivity contribution in [1.82, 2.24) is 0 Å². The minimum atomic E-state index is -0.284. The van der Waals surface area contributed by atoms with Crippen molar-refractivity contribution in [2.75, 3.05) is 6.61 Å². The Bertz CT molecular complexity index is 620. The second-order valence-electron chi connectivity index (χ2n) is 4.26. The standard InChI is InChI=1S/C15H11FO3/c16-11-6-4-10(5-7-11)8-18-13-2-1-3-14-15(13)12(17)9-19-14/h1-7H,8-9H2. The molecule has 2 aromatic rings. The number of carbonyl (C=O) groups excluding carboxylic acids is 1. The SMILES string of the molecule is O=C1COc2cccc(OCc3ccc(F)cc3)c21. The molecule has 0 spiro atoms. The van der Waals surface area contributed by atoms with Crippen molar-refractivity contribution >= 4 is 5.78 Å². The van der Waals surface area contributed by atoms with Gasteiger partial charge in [-0.3, -0.25) is 4.79 Å². The summed E-state index contributed by atoms with van der Waals surface area (Å²) in [7, 11) is 0. The highest BCUT2D eigenvalue weighted by molar-refractivity contribution is 6.04. The van der Waals surface area contributed by atoms with Crippen molar-refractivity contribution < 1.29 is 18.7 Å². The number of halogens is 1. The van der Waals surface area contributed by atoms with Crippen LogP contribution >= 0.6 is 0 Å². The molecule has 0 aliphatic carbocycles. The summed E-state index contributed by atoms with van der Waals surface area (Å²) in [5, 5.41) is 0. The molecule has 0 aromatic heterocycles. The van der Waals surface area contributed by atoms with E-state index in [0.717, 1.165) is 5.56 Å². The molecule has 19 heavy (non-hydrogen) atoms. The number of carbonyl (C=O) groups is 1. The van der Waals surface area contributed by atoms with E-state index in [-0.39, 0.29) is 24.8 Å². The van der Waals surface area contributed by atoms with E-state index in [0.29, 0.717) is 17.1 Å². The summed E-state index contributed by atoms with van der Waals surface area (Å²) < 4.78 is 23.6. The highest BCUT2D eigenvalue weighted by Gasteiger charge is 2.25. The lowest BCUT2D eigenvalue weighted by Crippen LogP contribution is -2.03. The van der Waals surface area contributed by atoms with Crippen molar-refractivity contribution in [1.29, 1.82) is 0 Å². The van der Waals surface area contributed by atoms with E-state index < -0.39 is 0 Å². The van der Waals surface area contributed by atoms with Gasteiger partial charge in [0, 0.05) is 0 Å². The molecule has 0 unspecified atom stereocenters. The topological polar surface area (TPSA) is 35.5 Å². The van der Waals surface area contributed by atoms with Gasteiger partial charge in [-0.2, -0.15) is 0 Å². The highest BCUT2D eigenvalue weighted by Crippen LogP contribution is 2.33. The third-order valence-corrected chi connectivity index (χ3v) is 2.93. The van der Waals surface area contributed by atoms with Crippen LogP contribution in [-0.2, 0) is 6.61 Å². The number of hydrogen-bond donors (Lipinski definition) is 0. The predicted molar refractivity (Wildman–Crippen MR) is 67.0 cm³/mol. The third-order valence-electron chi connectivity index (χ3n) is 2.93. The summed E-state index contributed by atoms with van der Waals surface area (Å²) >= 11 is 0. The van der Waals surface area contributed by atoms with Crippen LogP contribution in [0, 0.1) is 5.82 Å². The molecular weight excluding hydrogens is 247 g/mol. The lowest BCUT2D eigenvalue weighted by atomic mass is 10.1. The number of ketones is 1. The summed E-state index contributed by atoms with van der Waals surface area (Å²) in [6, 6.07) is 11.3. The van der Waals surface area contributed by atoms with E-state index >= 15 is 0 Å². The van der Waals surface area contributed by atoms with Gasteiger partial charge in [0.1, 0.15) is 29.5 Å². The Kier molecular flexibility index (Phi) is 2.91. The first-order chi connectivity index (χ1) is 9.24. The first-order valence-electron chi connectivity index (χ1n) is 5.90. The van der Waals surface area contributed by atoms with Crippen LogP contribution in [0.5, 0.6) is 11.5 Å². The van der Waals surface area contributed by atoms with Crippen LogP contribution in [-0.4, -0.2) is 12.4 Å². The molecule has 96 valence electrons. The van der Waals surface area contributed by atoms with Crippen molar-refractivity contribution in [3.8, 4) is 11.5 Å². The first kappa shape index (κ1) is 11.7. The lowest BCUT2D eigenvalue weighted by molar-refractivity contribution is 0.0958. The molecule has 0 fully saturated rings. The highest BCUT2D eigenvalue weighted by atomic mass is 19.1. The quantitative estimate of drug-likeness (QED) is 0.849. The predicted octanol–water partition coefficient (Wildman–Crippen LogP) is 2.98. The molecule has 0 saturated heterocycles. The zero-order chi connectivity index (χ0) is 13.2. The smallest absolute Gasteiger partial charge is 0.207 e. The minimum Gasteiger partial charge on any atom is -0.488 e. The number of ether oxygens (including phenoxy) is 2. The van der Waals surface area contributed by atoms with Gasteiger partial charge in [0.25, 0.3) is 0 Å². The largest absolute Gasteiger partial charge is 0.488 e. The molecule has 0 atom stereocenters. The molecule has 0 saturated carbocycles. The Morgan fingerprint density at radius 2 is 1.95 bits per heavy atom. The maximum atomic E-state index is 12.8. The number of rotatable bonds is 3. The van der Waals surface area contributed by atoms with Gasteiger partial charge < -0.3 is 9.47 Å². The van der Waals surface area contributed by atoms with Crippen LogP contribution in [0.2, 0.25) is 0 Å². The fourth-order valence-corrected chi connectivity index (χ4v) is 1.98. The van der Waals surface area contributed by atoms with Gasteiger partial charge in [0.15, 0.2) is 6.61 Å². The van der Waals surface area contributed by atoms with E-state index in [1.165, 1.54) is 12.1 Å². The third kappa shape index (κ3) is 2.29. The van der Waals surface area contributed by atoms with Crippen LogP contribution in [0.15, 0.2) is 42.5 Å². The minimum absolute atomic E-state index is 0.0618. The van der Waals surface area contributed by atoms with Gasteiger partial charge in [-0.1, -0.05) is 18.2 Å². The summed E-state index contributed by atoms with van der Waals surface area (Å²) in [4.78, 5) is 11.7. The number of Topliss-reactive ketones (excluding diaryl/α,β-unsaturated/α-hetero) is 1. The van der Waals surface area contributed by atoms with Gasteiger partial charge in [0.05, 0.1) is 0 Å². The van der Waals surface area contributed by atoms with Crippen LogP contribution in [0.1, 0.15) is 15.9 Å². The fraction of sp³-hybridized carbons (Fsp3) is 0.133. The second-order valence-corrected chi connectivity index (χ2v) is 4.26. The molecule has 3 rings (SSSR count).